The maximum atomic E-state index is 11.3. The van der Waals surface area contributed by atoms with E-state index >= 15 is 0 Å². The fraction of sp³-hybridized carbons (Fsp3) is 0.308. The minimum atomic E-state index is -0.252. The molecule has 0 bridgehead atoms. The molecular formula is C13H16O2. The van der Waals surface area contributed by atoms with E-state index in [2.05, 4.69) is 0 Å². The summed E-state index contributed by atoms with van der Waals surface area (Å²) in [7, 11) is 0. The van der Waals surface area contributed by atoms with Crippen LogP contribution in [0, 0.1) is 6.92 Å². The lowest BCUT2D eigenvalue weighted by Crippen LogP contribution is -2.04. The second kappa shape index (κ2) is 5.35. The van der Waals surface area contributed by atoms with E-state index in [1.165, 1.54) is 5.56 Å². The summed E-state index contributed by atoms with van der Waals surface area (Å²) in [6.45, 7) is 6.01. The van der Waals surface area contributed by atoms with Gasteiger partial charge in [0.1, 0.15) is 0 Å². The van der Waals surface area contributed by atoms with E-state index in [0.29, 0.717) is 12.2 Å². The molecule has 0 aromatic heterocycles. The summed E-state index contributed by atoms with van der Waals surface area (Å²) in [4.78, 5) is 11.3. The third-order valence-corrected chi connectivity index (χ3v) is 2.06. The molecule has 80 valence electrons. The minimum Gasteiger partial charge on any atom is -0.463 e. The van der Waals surface area contributed by atoms with Crippen LogP contribution in [0.3, 0.4) is 0 Å². The van der Waals surface area contributed by atoms with Crippen molar-refractivity contribution in [3.05, 3.63) is 41.0 Å². The SMILES string of the molecule is CCOC(=O)C(C)=Cc1ccc(C)cc1. The summed E-state index contributed by atoms with van der Waals surface area (Å²) in [5.41, 5.74) is 2.85. The summed E-state index contributed by atoms with van der Waals surface area (Å²) >= 11 is 0. The molecule has 0 fully saturated rings. The molecule has 0 N–H and O–H groups in total. The van der Waals surface area contributed by atoms with E-state index in [-0.39, 0.29) is 5.97 Å². The zero-order valence-electron chi connectivity index (χ0n) is 9.41. The van der Waals surface area contributed by atoms with Crippen LogP contribution in [-0.4, -0.2) is 12.6 Å². The van der Waals surface area contributed by atoms with E-state index in [4.69, 9.17) is 4.74 Å². The molecule has 15 heavy (non-hydrogen) atoms. The zero-order chi connectivity index (χ0) is 11.3. The molecule has 0 radical (unpaired) electrons. The Morgan fingerprint density at radius 3 is 2.47 bits per heavy atom. The number of rotatable bonds is 3. The predicted molar refractivity (Wildman–Crippen MR) is 61.5 cm³/mol. The first-order chi connectivity index (χ1) is 7.13. The van der Waals surface area contributed by atoms with Crippen molar-refractivity contribution in [2.75, 3.05) is 6.61 Å². The van der Waals surface area contributed by atoms with Crippen LogP contribution in [0.5, 0.6) is 0 Å². The Hall–Kier alpha value is -1.57. The number of ether oxygens (including phenoxy) is 1. The molecule has 2 heteroatoms. The molecular weight excluding hydrogens is 188 g/mol. The predicted octanol–water partition coefficient (Wildman–Crippen LogP) is 2.96. The van der Waals surface area contributed by atoms with Crippen molar-refractivity contribution in [3.63, 3.8) is 0 Å². The number of benzene rings is 1. The third-order valence-electron chi connectivity index (χ3n) is 2.06. The van der Waals surface area contributed by atoms with E-state index in [1.807, 2.05) is 37.3 Å². The van der Waals surface area contributed by atoms with Gasteiger partial charge in [-0.3, -0.25) is 0 Å². The van der Waals surface area contributed by atoms with Gasteiger partial charge in [-0.2, -0.15) is 0 Å². The van der Waals surface area contributed by atoms with Crippen molar-refractivity contribution in [2.45, 2.75) is 20.8 Å². The average Bonchev–Trinajstić information content (AvgIpc) is 2.22. The Labute approximate surface area is 90.6 Å². The summed E-state index contributed by atoms with van der Waals surface area (Å²) in [6, 6.07) is 8.00. The molecule has 2 nitrogen and oxygen atoms in total. The van der Waals surface area contributed by atoms with Crippen molar-refractivity contribution in [1.82, 2.24) is 0 Å². The molecule has 0 saturated carbocycles. The van der Waals surface area contributed by atoms with Gasteiger partial charge in [-0.1, -0.05) is 29.8 Å². The highest BCUT2D eigenvalue weighted by molar-refractivity contribution is 5.92. The lowest BCUT2D eigenvalue weighted by atomic mass is 10.1. The average molecular weight is 204 g/mol. The van der Waals surface area contributed by atoms with Gasteiger partial charge in [0.15, 0.2) is 0 Å². The largest absolute Gasteiger partial charge is 0.463 e. The summed E-state index contributed by atoms with van der Waals surface area (Å²) < 4.78 is 4.89. The molecule has 0 amide bonds. The van der Waals surface area contributed by atoms with Gasteiger partial charge in [-0.05, 0) is 32.4 Å². The Kier molecular flexibility index (Phi) is 4.10. The van der Waals surface area contributed by atoms with Gasteiger partial charge in [0.2, 0.25) is 0 Å². The molecule has 0 aliphatic carbocycles. The number of esters is 1. The van der Waals surface area contributed by atoms with Crippen LogP contribution in [0.2, 0.25) is 0 Å². The number of aryl methyl sites for hydroxylation is 1. The van der Waals surface area contributed by atoms with Gasteiger partial charge < -0.3 is 4.74 Å². The van der Waals surface area contributed by atoms with Gasteiger partial charge in [-0.15, -0.1) is 0 Å². The minimum absolute atomic E-state index is 0.252. The molecule has 0 saturated heterocycles. The maximum absolute atomic E-state index is 11.3. The van der Waals surface area contributed by atoms with Crippen LogP contribution >= 0.6 is 0 Å². The molecule has 0 aliphatic rings. The van der Waals surface area contributed by atoms with E-state index in [0.717, 1.165) is 5.56 Å². The summed E-state index contributed by atoms with van der Waals surface area (Å²) in [6.07, 6.45) is 1.83. The Bertz CT molecular complexity index is 361. The van der Waals surface area contributed by atoms with Crippen LogP contribution in [0.15, 0.2) is 29.8 Å². The summed E-state index contributed by atoms with van der Waals surface area (Å²) in [5.74, 6) is -0.252. The highest BCUT2D eigenvalue weighted by atomic mass is 16.5. The van der Waals surface area contributed by atoms with Crippen LogP contribution in [0.4, 0.5) is 0 Å². The smallest absolute Gasteiger partial charge is 0.333 e. The number of carbonyl (C=O) groups is 1. The Morgan fingerprint density at radius 2 is 1.93 bits per heavy atom. The lowest BCUT2D eigenvalue weighted by Gasteiger charge is -2.01. The van der Waals surface area contributed by atoms with Crippen LogP contribution in [0.1, 0.15) is 25.0 Å². The maximum Gasteiger partial charge on any atom is 0.333 e. The molecule has 0 heterocycles. The molecule has 0 atom stereocenters. The zero-order valence-corrected chi connectivity index (χ0v) is 9.41. The normalized spacial score (nSPS) is 11.3. The van der Waals surface area contributed by atoms with Crippen molar-refractivity contribution in [1.29, 1.82) is 0 Å². The molecule has 0 spiro atoms. The Morgan fingerprint density at radius 1 is 1.33 bits per heavy atom. The van der Waals surface area contributed by atoms with Crippen molar-refractivity contribution >= 4 is 12.0 Å². The first kappa shape index (κ1) is 11.5. The monoisotopic (exact) mass is 204 g/mol. The van der Waals surface area contributed by atoms with Crippen molar-refractivity contribution in [3.8, 4) is 0 Å². The molecule has 1 rings (SSSR count). The van der Waals surface area contributed by atoms with Crippen LogP contribution < -0.4 is 0 Å². The van der Waals surface area contributed by atoms with E-state index < -0.39 is 0 Å². The van der Waals surface area contributed by atoms with Crippen LogP contribution in [-0.2, 0) is 9.53 Å². The van der Waals surface area contributed by atoms with Crippen LogP contribution in [0.25, 0.3) is 6.08 Å². The van der Waals surface area contributed by atoms with E-state index in [1.54, 1.807) is 13.8 Å². The number of hydrogen-bond donors (Lipinski definition) is 0. The second-order valence-electron chi connectivity index (χ2n) is 3.46. The fourth-order valence-electron chi connectivity index (χ4n) is 1.22. The van der Waals surface area contributed by atoms with Gasteiger partial charge in [0.05, 0.1) is 6.61 Å². The fourth-order valence-corrected chi connectivity index (χ4v) is 1.22. The van der Waals surface area contributed by atoms with Crippen molar-refractivity contribution in [2.24, 2.45) is 0 Å². The molecule has 0 unspecified atom stereocenters. The standard InChI is InChI=1S/C13H16O2/c1-4-15-13(14)11(3)9-12-7-5-10(2)6-8-12/h5-9H,4H2,1-3H3. The Balaban J connectivity index is 2.78. The molecule has 1 aromatic rings. The third kappa shape index (κ3) is 3.58. The summed E-state index contributed by atoms with van der Waals surface area (Å²) in [5, 5.41) is 0. The first-order valence-corrected chi connectivity index (χ1v) is 5.05. The molecule has 0 aliphatic heterocycles. The van der Waals surface area contributed by atoms with E-state index in [9.17, 15) is 4.79 Å². The van der Waals surface area contributed by atoms with Gasteiger partial charge in [0.25, 0.3) is 0 Å². The first-order valence-electron chi connectivity index (χ1n) is 5.05. The highest BCUT2D eigenvalue weighted by Crippen LogP contribution is 2.09. The van der Waals surface area contributed by atoms with Gasteiger partial charge in [-0.25, -0.2) is 4.79 Å². The number of hydrogen-bond acceptors (Lipinski definition) is 2. The van der Waals surface area contributed by atoms with Crippen molar-refractivity contribution < 1.29 is 9.53 Å². The topological polar surface area (TPSA) is 26.3 Å². The second-order valence-corrected chi connectivity index (χ2v) is 3.46. The highest BCUT2D eigenvalue weighted by Gasteiger charge is 2.03. The lowest BCUT2D eigenvalue weighted by molar-refractivity contribution is -0.138. The quantitative estimate of drug-likeness (QED) is 0.559. The van der Waals surface area contributed by atoms with Gasteiger partial charge in [0, 0.05) is 5.57 Å². The van der Waals surface area contributed by atoms with Gasteiger partial charge >= 0.3 is 5.97 Å². The molecule has 1 aromatic carbocycles. The number of carbonyl (C=O) groups excluding carboxylic acids is 1.